The highest BCUT2D eigenvalue weighted by Crippen LogP contribution is 2.19. The fourth-order valence-corrected chi connectivity index (χ4v) is 1.69. The van der Waals surface area contributed by atoms with E-state index >= 15 is 0 Å². The van der Waals surface area contributed by atoms with Crippen molar-refractivity contribution in [3.63, 3.8) is 0 Å². The van der Waals surface area contributed by atoms with Gasteiger partial charge in [-0.05, 0) is 31.9 Å². The van der Waals surface area contributed by atoms with Crippen LogP contribution in [0.4, 0.5) is 0 Å². The molecule has 3 N–H and O–H groups in total. The smallest absolute Gasteiger partial charge is 0.337 e. The third kappa shape index (κ3) is 5.43. The zero-order chi connectivity index (χ0) is 15.9. The van der Waals surface area contributed by atoms with E-state index in [1.807, 2.05) is 31.2 Å². The molecule has 0 saturated carbocycles. The molecule has 0 fully saturated rings. The molecule has 0 radical (unpaired) electrons. The number of aryl methyl sites for hydroxylation is 1. The molecule has 1 rings (SSSR count). The van der Waals surface area contributed by atoms with Crippen molar-refractivity contribution < 1.29 is 24.5 Å². The second kappa shape index (κ2) is 7.64. The Kier molecular flexibility index (Phi) is 6.17. The Morgan fingerprint density at radius 2 is 2.00 bits per heavy atom. The van der Waals surface area contributed by atoms with Crippen molar-refractivity contribution in [2.45, 2.75) is 32.3 Å². The summed E-state index contributed by atoms with van der Waals surface area (Å²) in [6.07, 6.45) is 0.678. The number of carbonyl (C=O) groups is 2. The number of benzene rings is 1. The largest absolute Gasteiger partial charge is 0.494 e. The van der Waals surface area contributed by atoms with Crippen molar-refractivity contribution in [1.29, 1.82) is 0 Å². The van der Waals surface area contributed by atoms with Gasteiger partial charge in [0, 0.05) is 6.42 Å². The van der Waals surface area contributed by atoms with Crippen molar-refractivity contribution >= 4 is 11.9 Å². The number of hydrogen-bond donors (Lipinski definition) is 3. The summed E-state index contributed by atoms with van der Waals surface area (Å²) in [5.74, 6) is -0.947. The molecule has 6 heteroatoms. The summed E-state index contributed by atoms with van der Waals surface area (Å²) in [5, 5.41) is 20.7. The van der Waals surface area contributed by atoms with Crippen LogP contribution >= 0.6 is 0 Å². The van der Waals surface area contributed by atoms with Gasteiger partial charge in [-0.25, -0.2) is 4.79 Å². The lowest BCUT2D eigenvalue weighted by molar-refractivity contribution is -0.156. The molecule has 0 aliphatic heterocycles. The third-order valence-corrected chi connectivity index (χ3v) is 2.98. The first-order chi connectivity index (χ1) is 9.86. The summed E-state index contributed by atoms with van der Waals surface area (Å²) in [4.78, 5) is 22.4. The molecule has 6 nitrogen and oxygen atoms in total. The maximum Gasteiger partial charge on any atom is 0.337 e. The topological polar surface area (TPSA) is 95.9 Å². The minimum absolute atomic E-state index is 0.194. The molecule has 0 saturated heterocycles. The van der Waals surface area contributed by atoms with Crippen molar-refractivity contribution in [1.82, 2.24) is 5.32 Å². The van der Waals surface area contributed by atoms with Crippen molar-refractivity contribution in [2.75, 3.05) is 13.2 Å². The van der Waals surface area contributed by atoms with Crippen LogP contribution in [0.2, 0.25) is 0 Å². The molecule has 116 valence electrons. The van der Waals surface area contributed by atoms with Crippen LogP contribution in [0.25, 0.3) is 0 Å². The monoisotopic (exact) mass is 295 g/mol. The van der Waals surface area contributed by atoms with Crippen LogP contribution in [-0.2, 0) is 16.0 Å². The summed E-state index contributed by atoms with van der Waals surface area (Å²) in [5.41, 5.74) is -1.04. The third-order valence-electron chi connectivity index (χ3n) is 2.98. The van der Waals surface area contributed by atoms with Crippen LogP contribution in [0.5, 0.6) is 5.75 Å². The van der Waals surface area contributed by atoms with Gasteiger partial charge < -0.3 is 20.3 Å². The molecule has 0 aliphatic carbocycles. The highest BCUT2D eigenvalue weighted by molar-refractivity contribution is 5.80. The number of carboxylic acids is 1. The molecule has 0 spiro atoms. The molecule has 1 aromatic carbocycles. The highest BCUT2D eigenvalue weighted by atomic mass is 16.5. The quantitative estimate of drug-likeness (QED) is 0.664. The number of ether oxygens (including phenoxy) is 1. The first-order valence-electron chi connectivity index (χ1n) is 6.80. The van der Waals surface area contributed by atoms with Gasteiger partial charge in [-0.1, -0.05) is 18.2 Å². The fourth-order valence-electron chi connectivity index (χ4n) is 1.69. The highest BCUT2D eigenvalue weighted by Gasteiger charge is 2.30. The van der Waals surface area contributed by atoms with Crippen LogP contribution in [-0.4, -0.2) is 40.8 Å². The normalized spacial score (nSPS) is 13.3. The number of para-hydroxylation sites is 1. The van der Waals surface area contributed by atoms with E-state index in [0.29, 0.717) is 13.0 Å². The van der Waals surface area contributed by atoms with Gasteiger partial charge in [0.15, 0.2) is 5.60 Å². The lowest BCUT2D eigenvalue weighted by Gasteiger charge is -2.18. The zero-order valence-corrected chi connectivity index (χ0v) is 12.3. The SMILES string of the molecule is CCOc1ccccc1CCC(=O)NCC(C)(O)C(=O)O. The average molecular weight is 295 g/mol. The first kappa shape index (κ1) is 17.0. The molecule has 1 atom stereocenters. The average Bonchev–Trinajstić information content (AvgIpc) is 2.44. The van der Waals surface area contributed by atoms with E-state index in [1.165, 1.54) is 0 Å². The Bertz CT molecular complexity index is 499. The van der Waals surface area contributed by atoms with E-state index < -0.39 is 11.6 Å². The van der Waals surface area contributed by atoms with Gasteiger partial charge >= 0.3 is 5.97 Å². The predicted octanol–water partition coefficient (Wildman–Crippen LogP) is 0.970. The Morgan fingerprint density at radius 3 is 2.62 bits per heavy atom. The summed E-state index contributed by atoms with van der Waals surface area (Å²) < 4.78 is 5.47. The molecular weight excluding hydrogens is 274 g/mol. The predicted molar refractivity (Wildman–Crippen MR) is 77.2 cm³/mol. The Balaban J connectivity index is 2.49. The van der Waals surface area contributed by atoms with E-state index in [2.05, 4.69) is 5.32 Å². The molecule has 0 aromatic heterocycles. The number of aliphatic hydroxyl groups is 1. The van der Waals surface area contributed by atoms with E-state index in [1.54, 1.807) is 0 Å². The minimum Gasteiger partial charge on any atom is -0.494 e. The number of carbonyl (C=O) groups excluding carboxylic acids is 1. The molecule has 0 bridgehead atoms. The van der Waals surface area contributed by atoms with Gasteiger partial charge in [-0.3, -0.25) is 4.79 Å². The number of rotatable bonds is 8. The maximum absolute atomic E-state index is 11.7. The van der Waals surface area contributed by atoms with Crippen molar-refractivity contribution in [3.05, 3.63) is 29.8 Å². The second-order valence-corrected chi connectivity index (χ2v) is 4.90. The van der Waals surface area contributed by atoms with Gasteiger partial charge in [0.05, 0.1) is 13.2 Å². The molecule has 1 aromatic rings. The van der Waals surface area contributed by atoms with Crippen LogP contribution in [0.3, 0.4) is 0 Å². The molecule has 1 unspecified atom stereocenters. The fraction of sp³-hybridized carbons (Fsp3) is 0.467. The van der Waals surface area contributed by atoms with Gasteiger partial charge in [0.1, 0.15) is 5.75 Å². The van der Waals surface area contributed by atoms with Gasteiger partial charge in [0.25, 0.3) is 0 Å². The van der Waals surface area contributed by atoms with E-state index in [9.17, 15) is 14.7 Å². The molecule has 0 aliphatic rings. The molecular formula is C15H21NO5. The van der Waals surface area contributed by atoms with E-state index in [0.717, 1.165) is 18.2 Å². The minimum atomic E-state index is -1.96. The second-order valence-electron chi connectivity index (χ2n) is 4.90. The van der Waals surface area contributed by atoms with Crippen molar-refractivity contribution in [2.24, 2.45) is 0 Å². The van der Waals surface area contributed by atoms with Gasteiger partial charge in [0.2, 0.25) is 5.91 Å². The number of amides is 1. The maximum atomic E-state index is 11.7. The number of nitrogens with one attached hydrogen (secondary N) is 1. The Labute approximate surface area is 123 Å². The van der Waals surface area contributed by atoms with Gasteiger partial charge in [-0.15, -0.1) is 0 Å². The van der Waals surface area contributed by atoms with Crippen molar-refractivity contribution in [3.8, 4) is 5.75 Å². The summed E-state index contributed by atoms with van der Waals surface area (Å²) in [7, 11) is 0. The van der Waals surface area contributed by atoms with Crippen LogP contribution in [0.15, 0.2) is 24.3 Å². The van der Waals surface area contributed by atoms with Gasteiger partial charge in [-0.2, -0.15) is 0 Å². The van der Waals surface area contributed by atoms with E-state index in [4.69, 9.17) is 9.84 Å². The molecule has 21 heavy (non-hydrogen) atoms. The zero-order valence-electron chi connectivity index (χ0n) is 12.3. The number of hydrogen-bond acceptors (Lipinski definition) is 4. The first-order valence-corrected chi connectivity index (χ1v) is 6.80. The standard InChI is InChI=1S/C15H21NO5/c1-3-21-12-7-5-4-6-11(12)8-9-13(17)16-10-15(2,20)14(18)19/h4-7,20H,3,8-10H2,1-2H3,(H,16,17)(H,18,19). The summed E-state index contributed by atoms with van der Waals surface area (Å²) in [6.45, 7) is 3.25. The lowest BCUT2D eigenvalue weighted by atomic mass is 10.1. The summed E-state index contributed by atoms with van der Waals surface area (Å²) >= 11 is 0. The van der Waals surface area contributed by atoms with Crippen LogP contribution in [0, 0.1) is 0 Å². The Hall–Kier alpha value is -2.08. The number of carboxylic acid groups (broad SMARTS) is 1. The summed E-state index contributed by atoms with van der Waals surface area (Å²) in [6, 6.07) is 7.45. The molecule has 1 amide bonds. The molecule has 0 heterocycles. The van der Waals surface area contributed by atoms with Crippen LogP contribution in [0.1, 0.15) is 25.8 Å². The van der Waals surface area contributed by atoms with Crippen LogP contribution < -0.4 is 10.1 Å². The Morgan fingerprint density at radius 1 is 1.33 bits per heavy atom. The number of aliphatic carboxylic acids is 1. The lowest BCUT2D eigenvalue weighted by Crippen LogP contribution is -2.46. The van der Waals surface area contributed by atoms with E-state index in [-0.39, 0.29) is 18.9 Å².